The number of benzene rings is 1. The number of carbonyl (C=O) groups excluding carboxylic acids is 3. The third kappa shape index (κ3) is 3.17. The van der Waals surface area contributed by atoms with Crippen molar-refractivity contribution < 1.29 is 19.1 Å². The molecule has 0 spiro atoms. The predicted octanol–water partition coefficient (Wildman–Crippen LogP) is 2.73. The first kappa shape index (κ1) is 21.9. The summed E-state index contributed by atoms with van der Waals surface area (Å²) in [4.78, 5) is 39.2. The topological polar surface area (TPSA) is 113 Å². The molecule has 1 saturated heterocycles. The number of fused-ring (bicyclic) bond motifs is 1. The van der Waals surface area contributed by atoms with Gasteiger partial charge in [0.1, 0.15) is 6.04 Å². The van der Waals surface area contributed by atoms with Gasteiger partial charge in [0.15, 0.2) is 11.2 Å². The Labute approximate surface area is 183 Å². The number of carbonyl (C=O) groups is 3. The molecule has 156 valence electrons. The van der Waals surface area contributed by atoms with Gasteiger partial charge in [-0.2, -0.15) is 5.26 Å². The first-order valence-electron chi connectivity index (χ1n) is 9.20. The Bertz CT molecular complexity index is 1010. The molecule has 9 heteroatoms. The van der Waals surface area contributed by atoms with E-state index in [-0.39, 0.29) is 28.0 Å². The van der Waals surface area contributed by atoms with E-state index in [1.807, 2.05) is 0 Å². The zero-order valence-corrected chi connectivity index (χ0v) is 17.8. The number of nitriles is 1. The van der Waals surface area contributed by atoms with Crippen LogP contribution in [0.5, 0.6) is 0 Å². The van der Waals surface area contributed by atoms with Crippen LogP contribution in [-0.4, -0.2) is 41.3 Å². The number of rotatable bonds is 5. The third-order valence-electron chi connectivity index (χ3n) is 5.47. The Morgan fingerprint density at radius 1 is 1.30 bits per heavy atom. The lowest BCUT2D eigenvalue weighted by Crippen LogP contribution is -2.45. The molecule has 0 aromatic heterocycles. The number of hydrogen-bond acceptors (Lipinski definition) is 6. The Morgan fingerprint density at radius 3 is 2.43 bits per heavy atom. The molecular weight excluding hydrogens is 429 g/mol. The summed E-state index contributed by atoms with van der Waals surface area (Å²) in [5.41, 5.74) is 4.42. The highest BCUT2D eigenvalue weighted by Crippen LogP contribution is 2.56. The maximum Gasteiger partial charge on any atom is 0.329 e. The Kier molecular flexibility index (Phi) is 5.93. The summed E-state index contributed by atoms with van der Waals surface area (Å²) in [7, 11) is 0. The SMILES string of the molecule is CCOC(=O)[C@]1(C#N)[C@@H]2C=CC(C(C)=O)=CN2[C@@H](C(N)=O)[C@@H]1c1c(Cl)cccc1Cl. The molecule has 1 aromatic rings. The van der Waals surface area contributed by atoms with Crippen molar-refractivity contribution in [2.45, 2.75) is 31.8 Å². The fourth-order valence-electron chi connectivity index (χ4n) is 4.22. The van der Waals surface area contributed by atoms with Gasteiger partial charge in [-0.15, -0.1) is 0 Å². The molecule has 1 fully saturated rings. The van der Waals surface area contributed by atoms with Crippen molar-refractivity contribution in [1.29, 1.82) is 5.26 Å². The van der Waals surface area contributed by atoms with E-state index in [1.54, 1.807) is 25.1 Å². The van der Waals surface area contributed by atoms with E-state index in [9.17, 15) is 19.6 Å². The zero-order valence-electron chi connectivity index (χ0n) is 16.3. The second-order valence-corrected chi connectivity index (χ2v) is 7.87. The number of esters is 1. The first-order valence-corrected chi connectivity index (χ1v) is 9.96. The fourth-order valence-corrected chi connectivity index (χ4v) is 4.85. The molecule has 2 N–H and O–H groups in total. The quantitative estimate of drug-likeness (QED) is 0.693. The normalized spacial score (nSPS) is 27.1. The lowest BCUT2D eigenvalue weighted by Gasteiger charge is -2.32. The summed E-state index contributed by atoms with van der Waals surface area (Å²) >= 11 is 12.8. The van der Waals surface area contributed by atoms with Crippen LogP contribution in [0.2, 0.25) is 10.0 Å². The van der Waals surface area contributed by atoms with Crippen molar-refractivity contribution in [1.82, 2.24) is 4.90 Å². The number of amides is 1. The number of hydrogen-bond donors (Lipinski definition) is 1. The minimum atomic E-state index is -1.88. The van der Waals surface area contributed by atoms with E-state index >= 15 is 0 Å². The summed E-state index contributed by atoms with van der Waals surface area (Å²) in [5.74, 6) is -2.99. The molecule has 0 bridgehead atoms. The van der Waals surface area contributed by atoms with Gasteiger partial charge in [0.25, 0.3) is 0 Å². The first-order chi connectivity index (χ1) is 14.2. The van der Waals surface area contributed by atoms with Crippen molar-refractivity contribution in [2.75, 3.05) is 6.61 Å². The second-order valence-electron chi connectivity index (χ2n) is 7.05. The average Bonchev–Trinajstić information content (AvgIpc) is 2.98. The van der Waals surface area contributed by atoms with E-state index in [1.165, 1.54) is 30.2 Å². The van der Waals surface area contributed by atoms with E-state index in [0.717, 1.165) is 0 Å². The molecule has 0 saturated carbocycles. The zero-order chi connectivity index (χ0) is 22.2. The van der Waals surface area contributed by atoms with Gasteiger partial charge in [-0.05, 0) is 31.5 Å². The van der Waals surface area contributed by atoms with Gasteiger partial charge in [-0.25, -0.2) is 0 Å². The van der Waals surface area contributed by atoms with Crippen LogP contribution in [0.25, 0.3) is 0 Å². The van der Waals surface area contributed by atoms with E-state index in [2.05, 4.69) is 6.07 Å². The van der Waals surface area contributed by atoms with Crippen molar-refractivity contribution in [2.24, 2.45) is 11.1 Å². The van der Waals surface area contributed by atoms with Gasteiger partial charge in [-0.1, -0.05) is 41.4 Å². The predicted molar refractivity (Wildman–Crippen MR) is 110 cm³/mol. The van der Waals surface area contributed by atoms with Crippen molar-refractivity contribution in [3.8, 4) is 6.07 Å². The fraction of sp³-hybridized carbons (Fsp3) is 0.333. The molecule has 1 aromatic carbocycles. The minimum absolute atomic E-state index is 0.0252. The lowest BCUT2D eigenvalue weighted by molar-refractivity contribution is -0.153. The van der Waals surface area contributed by atoms with Crippen LogP contribution in [0.15, 0.2) is 42.1 Å². The van der Waals surface area contributed by atoms with Crippen molar-refractivity contribution >= 4 is 40.9 Å². The number of primary amides is 1. The minimum Gasteiger partial charge on any atom is -0.465 e. The Balaban J connectivity index is 2.36. The maximum atomic E-state index is 13.2. The Morgan fingerprint density at radius 2 is 1.93 bits per heavy atom. The number of nitrogens with zero attached hydrogens (tertiary/aromatic N) is 2. The number of nitrogens with two attached hydrogens (primary N) is 1. The Hall–Kier alpha value is -2.82. The standard InChI is InChI=1S/C21H19Cl2N3O4/c1-3-30-20(29)21(10-24)15-8-7-12(11(2)27)9-26(15)18(19(25)28)17(21)16-13(22)5-4-6-14(16)23/h4-9,15,17-18H,3H2,1-2H3,(H2,25,28)/t15-,17-,18+,21+/m0/s1. The summed E-state index contributed by atoms with van der Waals surface area (Å²) in [5, 5.41) is 10.7. The van der Waals surface area contributed by atoms with Crippen LogP contribution in [0, 0.1) is 16.7 Å². The summed E-state index contributed by atoms with van der Waals surface area (Å²) in [6.07, 6.45) is 4.50. The van der Waals surface area contributed by atoms with Gasteiger partial charge < -0.3 is 15.4 Å². The van der Waals surface area contributed by atoms with E-state index in [0.29, 0.717) is 5.57 Å². The highest BCUT2D eigenvalue weighted by molar-refractivity contribution is 6.36. The molecule has 1 amide bonds. The maximum absolute atomic E-state index is 13.2. The van der Waals surface area contributed by atoms with Crippen LogP contribution in [0.1, 0.15) is 25.3 Å². The molecule has 2 aliphatic rings. The van der Waals surface area contributed by atoms with Gasteiger partial charge >= 0.3 is 5.97 Å². The monoisotopic (exact) mass is 447 g/mol. The average molecular weight is 448 g/mol. The number of ether oxygens (including phenoxy) is 1. The summed E-state index contributed by atoms with van der Waals surface area (Å²) in [6.45, 7) is 3.01. The molecular formula is C21H19Cl2N3O4. The van der Waals surface area contributed by atoms with Gasteiger partial charge in [0, 0.05) is 27.7 Å². The van der Waals surface area contributed by atoms with Crippen molar-refractivity contribution in [3.63, 3.8) is 0 Å². The molecule has 0 radical (unpaired) electrons. The van der Waals surface area contributed by atoms with Crippen molar-refractivity contribution in [3.05, 3.63) is 57.7 Å². The van der Waals surface area contributed by atoms with Crippen LogP contribution in [0.4, 0.5) is 0 Å². The molecule has 2 aliphatic heterocycles. The van der Waals surface area contributed by atoms with Gasteiger partial charge in [0.2, 0.25) is 5.91 Å². The van der Waals surface area contributed by atoms with Gasteiger partial charge in [-0.3, -0.25) is 14.4 Å². The van der Waals surface area contributed by atoms with E-state index < -0.39 is 35.3 Å². The smallest absolute Gasteiger partial charge is 0.329 e. The highest BCUT2D eigenvalue weighted by atomic mass is 35.5. The van der Waals surface area contributed by atoms with Crippen LogP contribution >= 0.6 is 23.2 Å². The molecule has 3 rings (SSSR count). The number of allylic oxidation sites excluding steroid dienone is 2. The number of Topliss-reactive ketones (excluding diaryl/α,β-unsaturated/α-hetero) is 1. The molecule has 30 heavy (non-hydrogen) atoms. The van der Waals surface area contributed by atoms with Crippen LogP contribution in [0.3, 0.4) is 0 Å². The molecule has 2 heterocycles. The number of ketones is 1. The third-order valence-corrected chi connectivity index (χ3v) is 6.13. The summed E-state index contributed by atoms with van der Waals surface area (Å²) in [6, 6.07) is 4.72. The molecule has 4 atom stereocenters. The highest BCUT2D eigenvalue weighted by Gasteiger charge is 2.67. The van der Waals surface area contributed by atoms with Crippen LogP contribution in [-0.2, 0) is 19.1 Å². The van der Waals surface area contributed by atoms with Crippen LogP contribution < -0.4 is 5.73 Å². The van der Waals surface area contributed by atoms with E-state index in [4.69, 9.17) is 33.7 Å². The number of halogens is 2. The molecule has 7 nitrogen and oxygen atoms in total. The van der Waals surface area contributed by atoms with Gasteiger partial charge in [0.05, 0.1) is 18.7 Å². The molecule has 0 unspecified atom stereocenters. The lowest BCUT2D eigenvalue weighted by atomic mass is 9.68. The molecule has 0 aliphatic carbocycles. The largest absolute Gasteiger partial charge is 0.465 e. The second kappa shape index (κ2) is 8.13. The summed E-state index contributed by atoms with van der Waals surface area (Å²) < 4.78 is 5.26.